The highest BCUT2D eigenvalue weighted by Crippen LogP contribution is 2.22. The molecule has 0 N–H and O–H groups in total. The van der Waals surface area contributed by atoms with Gasteiger partial charge in [0.15, 0.2) is 11.5 Å². The van der Waals surface area contributed by atoms with Gasteiger partial charge in [0.05, 0.1) is 6.61 Å². The number of likely N-dealkylation sites (N-methyl/N-ethyl adjacent to an activating group) is 1. The maximum absolute atomic E-state index is 11.8. The van der Waals surface area contributed by atoms with E-state index in [1.54, 1.807) is 32.0 Å². The third kappa shape index (κ3) is 2.57. The molecule has 0 spiro atoms. The molecule has 6 heteroatoms. The molecular weight excluding hydrogens is 248 g/mol. The maximum Gasteiger partial charge on any atom is 0.397 e. The number of hydrogen-bond donors (Lipinski definition) is 0. The molecule has 0 aliphatic rings. The van der Waals surface area contributed by atoms with E-state index in [0.717, 1.165) is 0 Å². The highest BCUT2D eigenvalue weighted by atomic mass is 16.5. The molecule has 0 saturated heterocycles. The van der Waals surface area contributed by atoms with Crippen molar-refractivity contribution in [1.82, 2.24) is 4.98 Å². The standard InChI is InChI=1S/C13H14N2O4/c1-4-18-13(17)12(16)15(3)9-5-6-10-11(7-9)19-8(2)14-10/h5-7H,4H2,1-3H3. The van der Waals surface area contributed by atoms with Crippen LogP contribution in [-0.2, 0) is 14.3 Å². The molecule has 0 aliphatic heterocycles. The van der Waals surface area contributed by atoms with Gasteiger partial charge in [-0.3, -0.25) is 4.79 Å². The third-order valence-electron chi connectivity index (χ3n) is 2.62. The first-order valence-corrected chi connectivity index (χ1v) is 5.85. The fourth-order valence-electron chi connectivity index (χ4n) is 1.68. The van der Waals surface area contributed by atoms with Gasteiger partial charge in [-0.25, -0.2) is 9.78 Å². The van der Waals surface area contributed by atoms with Crippen molar-refractivity contribution in [2.45, 2.75) is 13.8 Å². The summed E-state index contributed by atoms with van der Waals surface area (Å²) in [6.45, 7) is 3.56. The number of oxazole rings is 1. The van der Waals surface area contributed by atoms with E-state index < -0.39 is 11.9 Å². The fraction of sp³-hybridized carbons (Fsp3) is 0.308. The average Bonchev–Trinajstić information content (AvgIpc) is 2.76. The average molecular weight is 262 g/mol. The summed E-state index contributed by atoms with van der Waals surface area (Å²) in [5.74, 6) is -1.05. The van der Waals surface area contributed by atoms with Gasteiger partial charge in [0.1, 0.15) is 5.52 Å². The minimum Gasteiger partial charge on any atom is -0.459 e. The van der Waals surface area contributed by atoms with E-state index >= 15 is 0 Å². The molecule has 0 radical (unpaired) electrons. The van der Waals surface area contributed by atoms with E-state index in [2.05, 4.69) is 9.72 Å². The van der Waals surface area contributed by atoms with Crippen LogP contribution in [0.15, 0.2) is 22.6 Å². The molecule has 2 aromatic rings. The van der Waals surface area contributed by atoms with Gasteiger partial charge in [0.2, 0.25) is 0 Å². The van der Waals surface area contributed by atoms with Gasteiger partial charge in [-0.1, -0.05) is 0 Å². The number of amides is 1. The highest BCUT2D eigenvalue weighted by Gasteiger charge is 2.21. The van der Waals surface area contributed by atoms with E-state index in [9.17, 15) is 9.59 Å². The number of aryl methyl sites for hydroxylation is 1. The Balaban J connectivity index is 2.27. The van der Waals surface area contributed by atoms with Crippen molar-refractivity contribution >= 4 is 28.7 Å². The van der Waals surface area contributed by atoms with E-state index in [-0.39, 0.29) is 6.61 Å². The Kier molecular flexibility index (Phi) is 3.50. The molecule has 2 rings (SSSR count). The molecule has 1 aromatic heterocycles. The fourth-order valence-corrected chi connectivity index (χ4v) is 1.68. The number of nitrogens with zero attached hydrogens (tertiary/aromatic N) is 2. The van der Waals surface area contributed by atoms with E-state index in [1.807, 2.05) is 0 Å². The molecule has 19 heavy (non-hydrogen) atoms. The van der Waals surface area contributed by atoms with Gasteiger partial charge >= 0.3 is 11.9 Å². The largest absolute Gasteiger partial charge is 0.459 e. The van der Waals surface area contributed by atoms with Gasteiger partial charge < -0.3 is 14.1 Å². The first-order chi connectivity index (χ1) is 9.02. The van der Waals surface area contributed by atoms with Gasteiger partial charge in [-0.15, -0.1) is 0 Å². The summed E-state index contributed by atoms with van der Waals surface area (Å²) in [5.41, 5.74) is 1.82. The Morgan fingerprint density at radius 1 is 1.42 bits per heavy atom. The van der Waals surface area contributed by atoms with Crippen LogP contribution < -0.4 is 4.90 Å². The summed E-state index contributed by atoms with van der Waals surface area (Å²) in [5, 5.41) is 0. The zero-order valence-electron chi connectivity index (χ0n) is 11.0. The van der Waals surface area contributed by atoms with Gasteiger partial charge in [-0.05, 0) is 19.1 Å². The van der Waals surface area contributed by atoms with Crippen molar-refractivity contribution in [1.29, 1.82) is 0 Å². The van der Waals surface area contributed by atoms with Crippen LogP contribution in [0.25, 0.3) is 11.1 Å². The van der Waals surface area contributed by atoms with Crippen molar-refractivity contribution in [2.24, 2.45) is 0 Å². The highest BCUT2D eigenvalue weighted by molar-refractivity contribution is 6.38. The smallest absolute Gasteiger partial charge is 0.397 e. The summed E-state index contributed by atoms with van der Waals surface area (Å²) in [6, 6.07) is 5.09. The zero-order valence-corrected chi connectivity index (χ0v) is 11.0. The second-order valence-electron chi connectivity index (χ2n) is 3.97. The molecule has 1 amide bonds. The Morgan fingerprint density at radius 2 is 2.16 bits per heavy atom. The maximum atomic E-state index is 11.8. The predicted molar refractivity (Wildman–Crippen MR) is 68.8 cm³/mol. The summed E-state index contributed by atoms with van der Waals surface area (Å²) >= 11 is 0. The summed E-state index contributed by atoms with van der Waals surface area (Å²) < 4.78 is 10.1. The van der Waals surface area contributed by atoms with Gasteiger partial charge in [0, 0.05) is 25.7 Å². The van der Waals surface area contributed by atoms with Crippen LogP contribution in [0, 0.1) is 6.92 Å². The van der Waals surface area contributed by atoms with E-state index in [0.29, 0.717) is 22.7 Å². The molecule has 0 saturated carbocycles. The number of ether oxygens (including phenoxy) is 1. The van der Waals surface area contributed by atoms with E-state index in [1.165, 1.54) is 11.9 Å². The number of fused-ring (bicyclic) bond motifs is 1. The van der Waals surface area contributed by atoms with Crippen LogP contribution in [0.2, 0.25) is 0 Å². The number of carbonyl (C=O) groups is 2. The minimum atomic E-state index is -0.876. The second-order valence-corrected chi connectivity index (χ2v) is 3.97. The first-order valence-electron chi connectivity index (χ1n) is 5.85. The van der Waals surface area contributed by atoms with Crippen molar-refractivity contribution in [3.05, 3.63) is 24.1 Å². The lowest BCUT2D eigenvalue weighted by Gasteiger charge is -2.15. The predicted octanol–water partition coefficient (Wildman–Crippen LogP) is 1.66. The number of anilines is 1. The number of aromatic nitrogens is 1. The van der Waals surface area contributed by atoms with Crippen LogP contribution in [0.3, 0.4) is 0 Å². The first kappa shape index (κ1) is 13.1. The molecule has 0 unspecified atom stereocenters. The lowest BCUT2D eigenvalue weighted by atomic mass is 10.2. The molecule has 0 bridgehead atoms. The summed E-state index contributed by atoms with van der Waals surface area (Å²) in [4.78, 5) is 28.5. The monoisotopic (exact) mass is 262 g/mol. The Bertz CT molecular complexity index is 633. The van der Waals surface area contributed by atoms with Crippen LogP contribution >= 0.6 is 0 Å². The van der Waals surface area contributed by atoms with Crippen molar-refractivity contribution in [3.63, 3.8) is 0 Å². The quantitative estimate of drug-likeness (QED) is 0.608. The van der Waals surface area contributed by atoms with Crippen LogP contribution in [0.5, 0.6) is 0 Å². The molecular formula is C13H14N2O4. The molecule has 0 fully saturated rings. The van der Waals surface area contributed by atoms with Crippen molar-refractivity contribution in [2.75, 3.05) is 18.6 Å². The number of rotatable bonds is 2. The van der Waals surface area contributed by atoms with Crippen LogP contribution in [0.1, 0.15) is 12.8 Å². The van der Waals surface area contributed by atoms with Gasteiger partial charge in [0.25, 0.3) is 0 Å². The van der Waals surface area contributed by atoms with E-state index in [4.69, 9.17) is 4.42 Å². The molecule has 0 atom stereocenters. The van der Waals surface area contributed by atoms with Gasteiger partial charge in [-0.2, -0.15) is 0 Å². The number of hydrogen-bond acceptors (Lipinski definition) is 5. The number of benzene rings is 1. The van der Waals surface area contributed by atoms with Crippen molar-refractivity contribution in [3.8, 4) is 0 Å². The molecule has 6 nitrogen and oxygen atoms in total. The Hall–Kier alpha value is -2.37. The third-order valence-corrected chi connectivity index (χ3v) is 2.62. The van der Waals surface area contributed by atoms with Crippen LogP contribution in [0.4, 0.5) is 5.69 Å². The molecule has 1 aromatic carbocycles. The summed E-state index contributed by atoms with van der Waals surface area (Å²) in [6.07, 6.45) is 0. The SMILES string of the molecule is CCOC(=O)C(=O)N(C)c1ccc2nc(C)oc2c1. The normalized spacial score (nSPS) is 10.5. The van der Waals surface area contributed by atoms with Crippen LogP contribution in [-0.4, -0.2) is 30.5 Å². The lowest BCUT2D eigenvalue weighted by Crippen LogP contribution is -2.34. The Labute approximate surface area is 110 Å². The number of carbonyl (C=O) groups excluding carboxylic acids is 2. The minimum absolute atomic E-state index is 0.165. The number of esters is 1. The topological polar surface area (TPSA) is 72.6 Å². The van der Waals surface area contributed by atoms with Crippen molar-refractivity contribution < 1.29 is 18.7 Å². The zero-order chi connectivity index (χ0) is 14.0. The lowest BCUT2D eigenvalue weighted by molar-refractivity contribution is -0.153. The summed E-state index contributed by atoms with van der Waals surface area (Å²) in [7, 11) is 1.50. The second kappa shape index (κ2) is 5.09. The molecule has 1 heterocycles. The molecule has 100 valence electrons. The molecule has 0 aliphatic carbocycles. The Morgan fingerprint density at radius 3 is 2.84 bits per heavy atom.